The predicted molar refractivity (Wildman–Crippen MR) is 89.1 cm³/mol. The standard InChI is InChI=1S/C17H30N2O5/c1-17(2,11-20)14(22)16(24)18-9-8-13(21)15(23)19-10-12-6-4-3-5-7-12/h12,14,20,22H,3-11H2,1-2H3,(H,18,24)(H,19,23). The molecule has 1 aliphatic rings. The fraction of sp³-hybridized carbons (Fsp3) is 0.824. The van der Waals surface area contributed by atoms with E-state index in [1.807, 2.05) is 0 Å². The molecule has 1 rings (SSSR count). The van der Waals surface area contributed by atoms with E-state index in [9.17, 15) is 19.5 Å². The molecule has 0 spiro atoms. The van der Waals surface area contributed by atoms with Crippen molar-refractivity contribution in [1.82, 2.24) is 10.6 Å². The van der Waals surface area contributed by atoms with Gasteiger partial charge in [-0.2, -0.15) is 0 Å². The molecule has 0 saturated heterocycles. The minimum atomic E-state index is -1.38. The first-order valence-electron chi connectivity index (χ1n) is 8.65. The molecular formula is C17H30N2O5. The van der Waals surface area contributed by atoms with Gasteiger partial charge in [0.05, 0.1) is 6.61 Å². The third kappa shape index (κ3) is 6.57. The van der Waals surface area contributed by atoms with Gasteiger partial charge in [-0.1, -0.05) is 33.1 Å². The highest BCUT2D eigenvalue weighted by Crippen LogP contribution is 2.22. The van der Waals surface area contributed by atoms with Crippen LogP contribution in [0.3, 0.4) is 0 Å². The highest BCUT2D eigenvalue weighted by Gasteiger charge is 2.32. The second-order valence-electron chi connectivity index (χ2n) is 7.23. The molecule has 7 nitrogen and oxygen atoms in total. The maximum absolute atomic E-state index is 11.8. The van der Waals surface area contributed by atoms with E-state index in [0.29, 0.717) is 12.5 Å². The van der Waals surface area contributed by atoms with Gasteiger partial charge in [0.15, 0.2) is 0 Å². The second kappa shape index (κ2) is 9.74. The molecule has 0 heterocycles. The van der Waals surface area contributed by atoms with Crippen molar-refractivity contribution in [2.45, 2.75) is 58.5 Å². The van der Waals surface area contributed by atoms with E-state index in [2.05, 4.69) is 10.6 Å². The topological polar surface area (TPSA) is 116 Å². The molecule has 1 unspecified atom stereocenters. The van der Waals surface area contributed by atoms with Crippen molar-refractivity contribution < 1.29 is 24.6 Å². The van der Waals surface area contributed by atoms with E-state index in [1.165, 1.54) is 19.3 Å². The number of hydrogen-bond acceptors (Lipinski definition) is 5. The molecule has 4 N–H and O–H groups in total. The van der Waals surface area contributed by atoms with E-state index in [4.69, 9.17) is 5.11 Å². The minimum Gasteiger partial charge on any atom is -0.396 e. The zero-order valence-corrected chi connectivity index (χ0v) is 14.6. The Morgan fingerprint density at radius 1 is 1.12 bits per heavy atom. The zero-order valence-electron chi connectivity index (χ0n) is 14.6. The van der Waals surface area contributed by atoms with Crippen LogP contribution < -0.4 is 10.6 Å². The van der Waals surface area contributed by atoms with Crippen LogP contribution in [-0.4, -0.2) is 53.6 Å². The molecular weight excluding hydrogens is 312 g/mol. The smallest absolute Gasteiger partial charge is 0.287 e. The Morgan fingerprint density at radius 2 is 1.75 bits per heavy atom. The molecule has 1 saturated carbocycles. The van der Waals surface area contributed by atoms with Gasteiger partial charge in [0.2, 0.25) is 11.7 Å². The number of hydrogen-bond donors (Lipinski definition) is 4. The summed E-state index contributed by atoms with van der Waals surface area (Å²) in [5, 5.41) is 24.0. The molecule has 0 bridgehead atoms. The number of aliphatic hydroxyl groups is 2. The Bertz CT molecular complexity index is 444. The Morgan fingerprint density at radius 3 is 2.33 bits per heavy atom. The summed E-state index contributed by atoms with van der Waals surface area (Å²) in [5.41, 5.74) is -0.967. The lowest BCUT2D eigenvalue weighted by Crippen LogP contribution is -2.46. The van der Waals surface area contributed by atoms with Crippen molar-refractivity contribution in [2.75, 3.05) is 19.7 Å². The van der Waals surface area contributed by atoms with Crippen LogP contribution in [0.4, 0.5) is 0 Å². The first kappa shape index (κ1) is 20.6. The molecule has 1 aliphatic carbocycles. The van der Waals surface area contributed by atoms with Gasteiger partial charge in [0, 0.05) is 24.9 Å². The summed E-state index contributed by atoms with van der Waals surface area (Å²) in [6.45, 7) is 3.28. The molecule has 2 amide bonds. The molecule has 0 radical (unpaired) electrons. The van der Waals surface area contributed by atoms with Gasteiger partial charge in [0.25, 0.3) is 5.91 Å². The molecule has 1 atom stereocenters. The van der Waals surface area contributed by atoms with Crippen molar-refractivity contribution in [3.05, 3.63) is 0 Å². The SMILES string of the molecule is CC(C)(CO)C(O)C(=O)NCCC(=O)C(=O)NCC1CCCCC1. The average Bonchev–Trinajstić information content (AvgIpc) is 2.59. The van der Waals surface area contributed by atoms with Crippen LogP contribution in [0, 0.1) is 11.3 Å². The first-order valence-corrected chi connectivity index (χ1v) is 8.65. The Balaban J connectivity index is 2.24. The lowest BCUT2D eigenvalue weighted by atomic mass is 9.87. The fourth-order valence-corrected chi connectivity index (χ4v) is 2.68. The maximum Gasteiger partial charge on any atom is 0.287 e. The summed E-state index contributed by atoms with van der Waals surface area (Å²) in [6, 6.07) is 0. The van der Waals surface area contributed by atoms with E-state index in [0.717, 1.165) is 12.8 Å². The van der Waals surface area contributed by atoms with Gasteiger partial charge in [-0.25, -0.2) is 0 Å². The Hall–Kier alpha value is -1.47. The average molecular weight is 342 g/mol. The third-order valence-corrected chi connectivity index (χ3v) is 4.58. The molecule has 1 fully saturated rings. The Kier molecular flexibility index (Phi) is 8.35. The van der Waals surface area contributed by atoms with E-state index < -0.39 is 29.1 Å². The number of nitrogens with one attached hydrogen (secondary N) is 2. The number of amides is 2. The van der Waals surface area contributed by atoms with E-state index >= 15 is 0 Å². The van der Waals surface area contributed by atoms with Crippen LogP contribution in [0.25, 0.3) is 0 Å². The maximum atomic E-state index is 11.8. The molecule has 24 heavy (non-hydrogen) atoms. The van der Waals surface area contributed by atoms with Gasteiger partial charge in [-0.3, -0.25) is 14.4 Å². The van der Waals surface area contributed by atoms with E-state index in [-0.39, 0.29) is 19.6 Å². The molecule has 0 aromatic rings. The van der Waals surface area contributed by atoms with Crippen LogP contribution in [0.15, 0.2) is 0 Å². The van der Waals surface area contributed by atoms with Crippen molar-refractivity contribution in [3.8, 4) is 0 Å². The molecule has 0 aliphatic heterocycles. The molecule has 0 aromatic carbocycles. The van der Waals surface area contributed by atoms with Crippen molar-refractivity contribution in [2.24, 2.45) is 11.3 Å². The molecule has 0 aromatic heterocycles. The van der Waals surface area contributed by atoms with Crippen LogP contribution >= 0.6 is 0 Å². The highest BCUT2D eigenvalue weighted by atomic mass is 16.3. The number of aliphatic hydroxyl groups excluding tert-OH is 2. The summed E-state index contributed by atoms with van der Waals surface area (Å²) in [5.74, 6) is -1.41. The lowest BCUT2D eigenvalue weighted by molar-refractivity contribution is -0.139. The summed E-state index contributed by atoms with van der Waals surface area (Å²) >= 11 is 0. The molecule has 7 heteroatoms. The van der Waals surface area contributed by atoms with Crippen LogP contribution in [0.5, 0.6) is 0 Å². The van der Waals surface area contributed by atoms with Gasteiger partial charge < -0.3 is 20.8 Å². The second-order valence-corrected chi connectivity index (χ2v) is 7.23. The Labute approximate surface area is 143 Å². The van der Waals surface area contributed by atoms with Crippen LogP contribution in [0.2, 0.25) is 0 Å². The highest BCUT2D eigenvalue weighted by molar-refractivity contribution is 6.36. The van der Waals surface area contributed by atoms with Crippen molar-refractivity contribution >= 4 is 17.6 Å². The number of ketones is 1. The van der Waals surface area contributed by atoms with E-state index in [1.54, 1.807) is 13.8 Å². The first-order chi connectivity index (χ1) is 11.3. The zero-order chi connectivity index (χ0) is 18.2. The van der Waals surface area contributed by atoms with Crippen molar-refractivity contribution in [3.63, 3.8) is 0 Å². The fourth-order valence-electron chi connectivity index (χ4n) is 2.68. The van der Waals surface area contributed by atoms with Crippen LogP contribution in [0.1, 0.15) is 52.4 Å². The summed E-state index contributed by atoms with van der Waals surface area (Å²) < 4.78 is 0. The minimum absolute atomic E-state index is 0.0208. The largest absolute Gasteiger partial charge is 0.396 e. The number of carbonyl (C=O) groups is 3. The van der Waals surface area contributed by atoms with Crippen LogP contribution in [-0.2, 0) is 14.4 Å². The van der Waals surface area contributed by atoms with Gasteiger partial charge in [0.1, 0.15) is 6.10 Å². The lowest BCUT2D eigenvalue weighted by Gasteiger charge is -2.27. The third-order valence-electron chi connectivity index (χ3n) is 4.58. The van der Waals surface area contributed by atoms with Crippen molar-refractivity contribution in [1.29, 1.82) is 0 Å². The predicted octanol–water partition coefficient (Wildman–Crippen LogP) is 0.138. The number of Topliss-reactive ketones (excluding diaryl/α,β-unsaturated/α-hetero) is 1. The normalized spacial score (nSPS) is 17.2. The van der Waals surface area contributed by atoms with Gasteiger partial charge in [-0.15, -0.1) is 0 Å². The number of carbonyl (C=O) groups excluding carboxylic acids is 3. The molecule has 138 valence electrons. The summed E-state index contributed by atoms with van der Waals surface area (Å²) in [7, 11) is 0. The summed E-state index contributed by atoms with van der Waals surface area (Å²) in [6.07, 6.45) is 4.26. The van der Waals surface area contributed by atoms with Gasteiger partial charge >= 0.3 is 0 Å². The quantitative estimate of drug-likeness (QED) is 0.445. The monoisotopic (exact) mass is 342 g/mol. The summed E-state index contributed by atoms with van der Waals surface area (Å²) in [4.78, 5) is 35.2. The number of rotatable bonds is 9. The van der Waals surface area contributed by atoms with Gasteiger partial charge in [-0.05, 0) is 18.8 Å².